The van der Waals surface area contributed by atoms with E-state index in [2.05, 4.69) is 168 Å². The summed E-state index contributed by atoms with van der Waals surface area (Å²) in [5, 5.41) is 0. The summed E-state index contributed by atoms with van der Waals surface area (Å²) in [5.41, 5.74) is 27.5. The Hall–Kier alpha value is -4.14. The SMILES string of the molecule is Cc1cc(C)c(-c2cccc(-c3c(C)cc(C)cc3C)[c]2[GeH2][c]2c(-c3c(C)cc(C)cc3C)cccc2-c2c(C)cc(C)cc2C)c(C)c1. The first kappa shape index (κ1) is 34.7. The molecule has 6 aromatic rings. The summed E-state index contributed by atoms with van der Waals surface area (Å²) in [6.45, 7) is 27.3. The van der Waals surface area contributed by atoms with E-state index in [1.54, 1.807) is 8.79 Å². The van der Waals surface area contributed by atoms with Gasteiger partial charge < -0.3 is 0 Å². The van der Waals surface area contributed by atoms with Crippen LogP contribution in [-0.4, -0.2) is 15.4 Å². The molecule has 0 radical (unpaired) electrons. The molecule has 0 amide bonds. The van der Waals surface area contributed by atoms with Crippen LogP contribution in [0.1, 0.15) is 66.8 Å². The Kier molecular flexibility index (Phi) is 9.66. The Morgan fingerprint density at radius 1 is 0.286 bits per heavy atom. The molecule has 1 heteroatoms. The molecule has 0 bridgehead atoms. The summed E-state index contributed by atoms with van der Waals surface area (Å²) in [4.78, 5) is 0. The van der Waals surface area contributed by atoms with E-state index in [1.165, 1.54) is 111 Å². The van der Waals surface area contributed by atoms with Crippen molar-refractivity contribution in [1.82, 2.24) is 0 Å². The molecule has 0 aliphatic carbocycles. The Bertz CT molecular complexity index is 1860. The molecular formula is C48H52Ge. The van der Waals surface area contributed by atoms with Crippen LogP contribution < -0.4 is 8.79 Å². The van der Waals surface area contributed by atoms with Crippen LogP contribution in [0.15, 0.2) is 84.9 Å². The van der Waals surface area contributed by atoms with Crippen LogP contribution >= 0.6 is 0 Å². The molecule has 0 nitrogen and oxygen atoms in total. The average molecular weight is 702 g/mol. The predicted molar refractivity (Wildman–Crippen MR) is 219 cm³/mol. The molecule has 0 fully saturated rings. The molecule has 0 aliphatic rings. The Balaban J connectivity index is 1.76. The van der Waals surface area contributed by atoms with Crippen LogP contribution in [0.5, 0.6) is 0 Å². The third kappa shape index (κ3) is 6.61. The molecule has 248 valence electrons. The van der Waals surface area contributed by atoms with Gasteiger partial charge in [0.15, 0.2) is 0 Å². The van der Waals surface area contributed by atoms with E-state index in [1.807, 2.05) is 0 Å². The summed E-state index contributed by atoms with van der Waals surface area (Å²) in [7, 11) is 0. The summed E-state index contributed by atoms with van der Waals surface area (Å²) >= 11 is -1.76. The maximum atomic E-state index is 2.42. The van der Waals surface area contributed by atoms with E-state index >= 15 is 0 Å². The normalized spacial score (nSPS) is 11.3. The van der Waals surface area contributed by atoms with Crippen molar-refractivity contribution < 1.29 is 0 Å². The quantitative estimate of drug-likeness (QED) is 0.152. The van der Waals surface area contributed by atoms with Gasteiger partial charge in [-0.1, -0.05) is 0 Å². The molecule has 0 saturated carbocycles. The van der Waals surface area contributed by atoms with Gasteiger partial charge in [-0.15, -0.1) is 0 Å². The number of benzene rings is 6. The summed E-state index contributed by atoms with van der Waals surface area (Å²) in [6, 6.07) is 33.2. The molecule has 0 aromatic heterocycles. The molecule has 0 unspecified atom stereocenters. The Morgan fingerprint density at radius 2 is 0.469 bits per heavy atom. The summed E-state index contributed by atoms with van der Waals surface area (Å²) in [5.74, 6) is 0. The van der Waals surface area contributed by atoms with Gasteiger partial charge in [-0.05, 0) is 0 Å². The third-order valence-electron chi connectivity index (χ3n) is 10.5. The predicted octanol–water partition coefficient (Wildman–Crippen LogP) is 11.2. The molecule has 0 N–H and O–H groups in total. The van der Waals surface area contributed by atoms with Crippen LogP contribution in [-0.2, 0) is 0 Å². The zero-order chi connectivity index (χ0) is 35.3. The molecule has 0 saturated heterocycles. The molecule has 0 atom stereocenters. The third-order valence-corrected chi connectivity index (χ3v) is 15.2. The minimum atomic E-state index is -1.76. The summed E-state index contributed by atoms with van der Waals surface area (Å²) in [6.07, 6.45) is 0. The number of rotatable bonds is 6. The van der Waals surface area contributed by atoms with E-state index in [0.29, 0.717) is 0 Å². The van der Waals surface area contributed by atoms with Gasteiger partial charge in [0.1, 0.15) is 0 Å². The number of hydrogen-bond acceptors (Lipinski definition) is 0. The number of hydrogen-bond donors (Lipinski definition) is 0. The minimum absolute atomic E-state index is 1.33. The van der Waals surface area contributed by atoms with Gasteiger partial charge in [0.2, 0.25) is 0 Å². The average Bonchev–Trinajstić information content (AvgIpc) is 2.97. The fourth-order valence-corrected chi connectivity index (χ4v) is 13.9. The second kappa shape index (κ2) is 13.6. The van der Waals surface area contributed by atoms with Gasteiger partial charge in [-0.2, -0.15) is 0 Å². The molecule has 6 rings (SSSR count). The first-order valence-corrected chi connectivity index (χ1v) is 20.8. The van der Waals surface area contributed by atoms with Crippen molar-refractivity contribution in [3.05, 3.63) is 152 Å². The second-order valence-corrected chi connectivity index (χ2v) is 18.6. The van der Waals surface area contributed by atoms with Crippen LogP contribution in [0.4, 0.5) is 0 Å². The number of aryl methyl sites for hydroxylation is 12. The molecule has 0 heterocycles. The Morgan fingerprint density at radius 3 is 0.653 bits per heavy atom. The first-order chi connectivity index (χ1) is 23.2. The van der Waals surface area contributed by atoms with Crippen molar-refractivity contribution in [2.75, 3.05) is 0 Å². The van der Waals surface area contributed by atoms with Crippen molar-refractivity contribution in [2.45, 2.75) is 83.1 Å². The maximum absolute atomic E-state index is 2.42. The monoisotopic (exact) mass is 702 g/mol. The zero-order valence-electron chi connectivity index (χ0n) is 31.8. The van der Waals surface area contributed by atoms with Crippen LogP contribution in [0, 0.1) is 83.1 Å². The van der Waals surface area contributed by atoms with E-state index in [0.717, 1.165) is 0 Å². The van der Waals surface area contributed by atoms with E-state index in [-0.39, 0.29) is 0 Å². The Labute approximate surface area is 302 Å². The molecular weight excluding hydrogens is 649 g/mol. The van der Waals surface area contributed by atoms with Crippen LogP contribution in [0.2, 0.25) is 0 Å². The second-order valence-electron chi connectivity index (χ2n) is 14.9. The van der Waals surface area contributed by atoms with E-state index in [4.69, 9.17) is 0 Å². The van der Waals surface area contributed by atoms with E-state index in [9.17, 15) is 0 Å². The van der Waals surface area contributed by atoms with E-state index < -0.39 is 15.4 Å². The van der Waals surface area contributed by atoms with Gasteiger partial charge in [0.05, 0.1) is 0 Å². The topological polar surface area (TPSA) is 0 Å². The van der Waals surface area contributed by atoms with Crippen molar-refractivity contribution in [2.24, 2.45) is 0 Å². The van der Waals surface area contributed by atoms with Gasteiger partial charge in [0, 0.05) is 0 Å². The molecule has 0 aliphatic heterocycles. The van der Waals surface area contributed by atoms with Gasteiger partial charge in [-0.3, -0.25) is 0 Å². The first-order valence-electron chi connectivity index (χ1n) is 17.8. The molecule has 6 aromatic carbocycles. The van der Waals surface area contributed by atoms with Crippen molar-refractivity contribution >= 4 is 24.2 Å². The van der Waals surface area contributed by atoms with Gasteiger partial charge in [-0.25, -0.2) is 0 Å². The van der Waals surface area contributed by atoms with Crippen LogP contribution in [0.3, 0.4) is 0 Å². The van der Waals surface area contributed by atoms with Crippen molar-refractivity contribution in [3.8, 4) is 44.5 Å². The summed E-state index contributed by atoms with van der Waals surface area (Å²) < 4.78 is 3.16. The standard InChI is InChI=1S/C48H52Ge/c1-27-19-31(5)43(32(6)20-27)39-15-13-16-40(44-33(7)21-28(2)22-34(44)8)47(39)49-48-41(45-35(9)23-29(3)24-36(45)10)17-14-18-42(48)46-37(11)25-30(4)26-38(46)12/h13-26H,49H2,1-12H3. The van der Waals surface area contributed by atoms with Crippen molar-refractivity contribution in [3.63, 3.8) is 0 Å². The van der Waals surface area contributed by atoms with Crippen molar-refractivity contribution in [1.29, 1.82) is 0 Å². The zero-order valence-corrected chi connectivity index (χ0v) is 34.8. The molecule has 49 heavy (non-hydrogen) atoms. The van der Waals surface area contributed by atoms with Gasteiger partial charge >= 0.3 is 304 Å². The molecule has 0 spiro atoms. The fraction of sp³-hybridized carbons (Fsp3) is 0.250. The van der Waals surface area contributed by atoms with Crippen LogP contribution in [0.25, 0.3) is 44.5 Å². The fourth-order valence-electron chi connectivity index (χ4n) is 9.09. The van der Waals surface area contributed by atoms with Gasteiger partial charge in [0.25, 0.3) is 0 Å².